The van der Waals surface area contributed by atoms with Crippen molar-refractivity contribution in [3.8, 4) is 0 Å². The first-order valence-electron chi connectivity index (χ1n) is 8.82. The quantitative estimate of drug-likeness (QED) is 0.492. The van der Waals surface area contributed by atoms with Gasteiger partial charge in [0.2, 0.25) is 5.89 Å². The summed E-state index contributed by atoms with van der Waals surface area (Å²) in [6, 6.07) is 13.7. The van der Waals surface area contributed by atoms with Crippen LogP contribution in [-0.2, 0) is 0 Å². The van der Waals surface area contributed by atoms with Crippen LogP contribution in [-0.4, -0.2) is 21.5 Å². The highest BCUT2D eigenvalue weighted by atomic mass is 35.5. The van der Waals surface area contributed by atoms with E-state index in [1.165, 1.54) is 0 Å². The predicted octanol–water partition coefficient (Wildman–Crippen LogP) is 5.16. The molecule has 3 heterocycles. The lowest BCUT2D eigenvalue weighted by Crippen LogP contribution is -2.34. The first-order valence-corrected chi connectivity index (χ1v) is 9.20. The number of hydrogen-bond acceptors (Lipinski definition) is 5. The maximum absolute atomic E-state index is 6.13. The summed E-state index contributed by atoms with van der Waals surface area (Å²) >= 11 is 6.13. The van der Waals surface area contributed by atoms with E-state index in [-0.39, 0.29) is 6.04 Å². The molecule has 0 spiro atoms. The largest absolute Gasteiger partial charge is 0.438 e. The summed E-state index contributed by atoms with van der Waals surface area (Å²) in [4.78, 5) is 16.0. The van der Waals surface area contributed by atoms with Crippen molar-refractivity contribution in [3.63, 3.8) is 0 Å². The second-order valence-corrected chi connectivity index (χ2v) is 7.02. The van der Waals surface area contributed by atoms with Crippen LogP contribution in [0.25, 0.3) is 22.0 Å². The predicted molar refractivity (Wildman–Crippen MR) is 102 cm³/mol. The second-order valence-electron chi connectivity index (χ2n) is 6.58. The molecule has 130 valence electrons. The third-order valence-electron chi connectivity index (χ3n) is 4.95. The van der Waals surface area contributed by atoms with Crippen molar-refractivity contribution < 1.29 is 4.42 Å². The first-order chi connectivity index (χ1) is 12.8. The Bertz CT molecular complexity index is 1060. The summed E-state index contributed by atoms with van der Waals surface area (Å²) in [6.07, 6.45) is 4.86. The van der Waals surface area contributed by atoms with E-state index in [4.69, 9.17) is 21.0 Å². The van der Waals surface area contributed by atoms with Crippen molar-refractivity contribution in [1.82, 2.24) is 15.0 Å². The summed E-state index contributed by atoms with van der Waals surface area (Å²) in [5, 5.41) is 1.68. The van der Waals surface area contributed by atoms with Gasteiger partial charge in [0.15, 0.2) is 5.58 Å². The number of fused-ring (bicyclic) bond motifs is 2. The minimum Gasteiger partial charge on any atom is -0.438 e. The van der Waals surface area contributed by atoms with Crippen LogP contribution in [0.3, 0.4) is 0 Å². The number of oxazole rings is 1. The van der Waals surface area contributed by atoms with Gasteiger partial charge in [-0.15, -0.1) is 0 Å². The average molecular weight is 365 g/mol. The molecule has 1 aliphatic rings. The van der Waals surface area contributed by atoms with Gasteiger partial charge in [0.1, 0.15) is 23.7 Å². The van der Waals surface area contributed by atoms with Crippen molar-refractivity contribution in [2.45, 2.75) is 25.3 Å². The van der Waals surface area contributed by atoms with Gasteiger partial charge in [-0.05, 0) is 49.6 Å². The van der Waals surface area contributed by atoms with Gasteiger partial charge in [0.05, 0.1) is 5.52 Å². The lowest BCUT2D eigenvalue weighted by molar-refractivity contribution is 0.390. The maximum atomic E-state index is 6.13. The van der Waals surface area contributed by atoms with Gasteiger partial charge in [-0.3, -0.25) is 0 Å². The van der Waals surface area contributed by atoms with Gasteiger partial charge in [-0.2, -0.15) is 0 Å². The van der Waals surface area contributed by atoms with Crippen molar-refractivity contribution in [2.75, 3.05) is 11.4 Å². The number of piperidine rings is 1. The van der Waals surface area contributed by atoms with Crippen LogP contribution >= 0.6 is 11.6 Å². The van der Waals surface area contributed by atoms with Gasteiger partial charge >= 0.3 is 0 Å². The SMILES string of the molecule is Clc1ccc2c(N3CCCC[C@@H]3c3nc4ccccc4o3)ncnc2c1. The number of halogens is 1. The molecule has 1 fully saturated rings. The summed E-state index contributed by atoms with van der Waals surface area (Å²) in [5.74, 6) is 1.67. The molecule has 2 aromatic heterocycles. The molecule has 0 unspecified atom stereocenters. The molecule has 4 aromatic rings. The van der Waals surface area contributed by atoms with E-state index in [0.29, 0.717) is 5.02 Å². The Kier molecular flexibility index (Phi) is 3.75. The molecule has 0 saturated carbocycles. The highest BCUT2D eigenvalue weighted by molar-refractivity contribution is 6.31. The zero-order valence-corrected chi connectivity index (χ0v) is 14.9. The topological polar surface area (TPSA) is 55.1 Å². The number of aromatic nitrogens is 3. The minimum atomic E-state index is 0.0740. The summed E-state index contributed by atoms with van der Waals surface area (Å²) in [5.41, 5.74) is 2.57. The van der Waals surface area contributed by atoms with Crippen molar-refractivity contribution in [3.05, 3.63) is 59.7 Å². The van der Waals surface area contributed by atoms with Crippen molar-refractivity contribution in [2.24, 2.45) is 0 Å². The van der Waals surface area contributed by atoms with Crippen LogP contribution in [0.2, 0.25) is 5.02 Å². The lowest BCUT2D eigenvalue weighted by Gasteiger charge is -2.35. The highest BCUT2D eigenvalue weighted by Gasteiger charge is 2.30. The number of anilines is 1. The Morgan fingerprint density at radius 2 is 1.96 bits per heavy atom. The van der Waals surface area contributed by atoms with Gasteiger partial charge in [0, 0.05) is 17.0 Å². The van der Waals surface area contributed by atoms with E-state index in [2.05, 4.69) is 14.9 Å². The Balaban J connectivity index is 1.62. The van der Waals surface area contributed by atoms with Gasteiger partial charge < -0.3 is 9.32 Å². The van der Waals surface area contributed by atoms with Crippen LogP contribution in [0.1, 0.15) is 31.2 Å². The lowest BCUT2D eigenvalue weighted by atomic mass is 10.0. The maximum Gasteiger partial charge on any atom is 0.218 e. The fraction of sp³-hybridized carbons (Fsp3) is 0.250. The molecule has 5 nitrogen and oxygen atoms in total. The van der Waals surface area contributed by atoms with E-state index in [1.807, 2.05) is 42.5 Å². The zero-order chi connectivity index (χ0) is 17.5. The van der Waals surface area contributed by atoms with Gasteiger partial charge in [-0.25, -0.2) is 15.0 Å². The van der Waals surface area contributed by atoms with Gasteiger partial charge in [-0.1, -0.05) is 23.7 Å². The van der Waals surface area contributed by atoms with Crippen LogP contribution in [0, 0.1) is 0 Å². The van der Waals surface area contributed by atoms with Crippen molar-refractivity contribution in [1.29, 1.82) is 0 Å². The third-order valence-corrected chi connectivity index (χ3v) is 5.18. The van der Waals surface area contributed by atoms with E-state index in [9.17, 15) is 0 Å². The van der Waals surface area contributed by atoms with Gasteiger partial charge in [0.25, 0.3) is 0 Å². The van der Waals surface area contributed by atoms with Crippen LogP contribution in [0.4, 0.5) is 5.82 Å². The molecule has 6 heteroatoms. The highest BCUT2D eigenvalue weighted by Crippen LogP contribution is 2.37. The Morgan fingerprint density at radius 1 is 1.04 bits per heavy atom. The number of hydrogen-bond donors (Lipinski definition) is 0. The first kappa shape index (κ1) is 15.6. The molecular weight excluding hydrogens is 348 g/mol. The van der Waals surface area contributed by atoms with E-state index < -0.39 is 0 Å². The average Bonchev–Trinajstić information content (AvgIpc) is 3.11. The molecule has 1 aliphatic heterocycles. The Labute approximate surface area is 155 Å². The standard InChI is InChI=1S/C20H17ClN4O/c21-13-8-9-14-16(11-13)22-12-23-19(14)25-10-4-3-6-17(25)20-24-15-5-1-2-7-18(15)26-20/h1-2,5,7-9,11-12,17H,3-4,6,10H2/t17-/m1/s1. The third kappa shape index (κ3) is 2.59. The monoisotopic (exact) mass is 364 g/mol. The Hall–Kier alpha value is -2.66. The number of benzene rings is 2. The van der Waals surface area contributed by atoms with Crippen LogP contribution in [0.15, 0.2) is 53.2 Å². The number of para-hydroxylation sites is 2. The van der Waals surface area contributed by atoms with E-state index in [0.717, 1.165) is 59.5 Å². The normalized spacial score (nSPS) is 17.9. The van der Waals surface area contributed by atoms with E-state index in [1.54, 1.807) is 6.33 Å². The number of rotatable bonds is 2. The Morgan fingerprint density at radius 3 is 2.88 bits per heavy atom. The van der Waals surface area contributed by atoms with E-state index >= 15 is 0 Å². The zero-order valence-electron chi connectivity index (χ0n) is 14.1. The van der Waals surface area contributed by atoms with Crippen molar-refractivity contribution >= 4 is 39.4 Å². The molecule has 0 aliphatic carbocycles. The molecule has 2 aromatic carbocycles. The number of nitrogens with zero attached hydrogens (tertiary/aromatic N) is 4. The molecule has 1 atom stereocenters. The molecule has 0 amide bonds. The molecular formula is C20H17ClN4O. The van der Waals surface area contributed by atoms with Crippen LogP contribution in [0.5, 0.6) is 0 Å². The van der Waals surface area contributed by atoms with Crippen LogP contribution < -0.4 is 4.90 Å². The summed E-state index contributed by atoms with van der Waals surface area (Å²) in [6.45, 7) is 0.915. The second kappa shape index (κ2) is 6.25. The molecule has 1 saturated heterocycles. The molecule has 0 N–H and O–H groups in total. The molecule has 5 rings (SSSR count). The molecule has 0 bridgehead atoms. The fourth-order valence-electron chi connectivity index (χ4n) is 3.72. The molecule has 26 heavy (non-hydrogen) atoms. The summed E-state index contributed by atoms with van der Waals surface area (Å²) < 4.78 is 6.07. The smallest absolute Gasteiger partial charge is 0.218 e. The summed E-state index contributed by atoms with van der Waals surface area (Å²) in [7, 11) is 0. The minimum absolute atomic E-state index is 0.0740. The molecule has 0 radical (unpaired) electrons. The fourth-order valence-corrected chi connectivity index (χ4v) is 3.89.